The van der Waals surface area contributed by atoms with Crippen LogP contribution in [0.4, 0.5) is 0 Å². The van der Waals surface area contributed by atoms with E-state index in [0.29, 0.717) is 6.10 Å². The molecule has 2 amide bonds. The number of nitrogens with zero attached hydrogens (tertiary/aromatic N) is 1. The van der Waals surface area contributed by atoms with E-state index in [4.69, 9.17) is 4.74 Å². The highest BCUT2D eigenvalue weighted by Crippen LogP contribution is 2.27. The van der Waals surface area contributed by atoms with Crippen molar-refractivity contribution in [1.29, 1.82) is 0 Å². The van der Waals surface area contributed by atoms with E-state index in [-0.39, 0.29) is 17.9 Å². The van der Waals surface area contributed by atoms with Crippen LogP contribution in [-0.2, 0) is 9.53 Å². The summed E-state index contributed by atoms with van der Waals surface area (Å²) >= 11 is 1.70. The molecule has 2 aliphatic rings. The van der Waals surface area contributed by atoms with Crippen molar-refractivity contribution in [2.75, 3.05) is 25.4 Å². The number of thioether (sulfide) groups is 1. The Balaban J connectivity index is 1.55. The number of carbonyl (C=O) groups is 2. The fraction of sp³-hybridized carbons (Fsp3) is 0.579. The van der Waals surface area contributed by atoms with Crippen molar-refractivity contribution in [3.63, 3.8) is 0 Å². The molecule has 1 atom stereocenters. The molecule has 0 saturated carbocycles. The standard InChI is InChI=1S/C19H26N2O3S/c1-14(22)21-10-8-15(9-11-21)20-19(23)17-6-2-3-7-18(17)25-13-16-5-4-12-24-16/h2-3,6-7,15-16H,4-5,8-13H2,1H3,(H,20,23)/t16-/m1/s1. The average Bonchev–Trinajstić information content (AvgIpc) is 3.14. The molecular weight excluding hydrogens is 336 g/mol. The molecule has 6 heteroatoms. The van der Waals surface area contributed by atoms with Gasteiger partial charge in [-0.25, -0.2) is 0 Å². The van der Waals surface area contributed by atoms with Crippen molar-refractivity contribution in [2.45, 2.75) is 49.6 Å². The molecule has 2 heterocycles. The van der Waals surface area contributed by atoms with Crippen LogP contribution in [0.1, 0.15) is 43.0 Å². The van der Waals surface area contributed by atoms with Gasteiger partial charge in [-0.2, -0.15) is 0 Å². The number of carbonyl (C=O) groups excluding carboxylic acids is 2. The Morgan fingerprint density at radius 1 is 1.24 bits per heavy atom. The van der Waals surface area contributed by atoms with Crippen LogP contribution in [0.25, 0.3) is 0 Å². The van der Waals surface area contributed by atoms with Crippen molar-refractivity contribution in [1.82, 2.24) is 10.2 Å². The average molecular weight is 362 g/mol. The van der Waals surface area contributed by atoms with Crippen LogP contribution in [0.3, 0.4) is 0 Å². The second kappa shape index (κ2) is 8.72. The fourth-order valence-corrected chi connectivity index (χ4v) is 4.46. The van der Waals surface area contributed by atoms with E-state index in [2.05, 4.69) is 5.32 Å². The summed E-state index contributed by atoms with van der Waals surface area (Å²) in [5.74, 6) is 0.985. The maximum absolute atomic E-state index is 12.7. The minimum Gasteiger partial charge on any atom is -0.377 e. The number of nitrogens with one attached hydrogen (secondary N) is 1. The van der Waals surface area contributed by atoms with E-state index in [9.17, 15) is 9.59 Å². The third-order valence-electron chi connectivity index (χ3n) is 4.86. The molecule has 2 fully saturated rings. The lowest BCUT2D eigenvalue weighted by Gasteiger charge is -2.31. The van der Waals surface area contributed by atoms with Crippen LogP contribution in [0, 0.1) is 0 Å². The molecule has 0 spiro atoms. The van der Waals surface area contributed by atoms with Crippen molar-refractivity contribution >= 4 is 23.6 Å². The summed E-state index contributed by atoms with van der Waals surface area (Å²) in [6.07, 6.45) is 4.17. The predicted octanol–water partition coefficient (Wildman–Crippen LogP) is 2.70. The van der Waals surface area contributed by atoms with Gasteiger partial charge in [0.15, 0.2) is 0 Å². The summed E-state index contributed by atoms with van der Waals surface area (Å²) in [6.45, 7) is 3.89. The zero-order valence-corrected chi connectivity index (χ0v) is 15.5. The van der Waals surface area contributed by atoms with Crippen LogP contribution in [0.15, 0.2) is 29.2 Å². The van der Waals surface area contributed by atoms with Crippen molar-refractivity contribution in [3.05, 3.63) is 29.8 Å². The number of hydrogen-bond donors (Lipinski definition) is 1. The molecule has 5 nitrogen and oxygen atoms in total. The lowest BCUT2D eigenvalue weighted by molar-refractivity contribution is -0.129. The molecule has 1 aromatic carbocycles. The highest BCUT2D eigenvalue weighted by molar-refractivity contribution is 7.99. The molecule has 1 N–H and O–H groups in total. The fourth-order valence-electron chi connectivity index (χ4n) is 3.34. The second-order valence-electron chi connectivity index (χ2n) is 6.70. The van der Waals surface area contributed by atoms with E-state index in [1.165, 1.54) is 0 Å². The summed E-state index contributed by atoms with van der Waals surface area (Å²) in [4.78, 5) is 27.0. The summed E-state index contributed by atoms with van der Waals surface area (Å²) in [6, 6.07) is 7.91. The summed E-state index contributed by atoms with van der Waals surface area (Å²) in [5.41, 5.74) is 0.736. The molecule has 0 aromatic heterocycles. The summed E-state index contributed by atoms with van der Waals surface area (Å²) in [5, 5.41) is 3.14. The number of ether oxygens (including phenoxy) is 1. The van der Waals surface area contributed by atoms with E-state index >= 15 is 0 Å². The molecule has 2 aliphatic heterocycles. The third kappa shape index (κ3) is 4.98. The maximum atomic E-state index is 12.7. The first-order valence-corrected chi connectivity index (χ1v) is 10.0. The van der Waals surface area contributed by atoms with Gasteiger partial charge in [0.25, 0.3) is 5.91 Å². The van der Waals surface area contributed by atoms with Crippen molar-refractivity contribution in [2.24, 2.45) is 0 Å². The third-order valence-corrected chi connectivity index (χ3v) is 6.06. The zero-order valence-electron chi connectivity index (χ0n) is 14.7. The molecule has 2 saturated heterocycles. The number of likely N-dealkylation sites (tertiary alicyclic amines) is 1. The van der Waals surface area contributed by atoms with Gasteiger partial charge in [-0.05, 0) is 37.8 Å². The van der Waals surface area contributed by atoms with Crippen LogP contribution in [-0.4, -0.2) is 54.3 Å². The lowest BCUT2D eigenvalue weighted by atomic mass is 10.0. The van der Waals surface area contributed by atoms with Gasteiger partial charge in [-0.3, -0.25) is 9.59 Å². The van der Waals surface area contributed by atoms with Crippen molar-refractivity contribution in [3.8, 4) is 0 Å². The number of rotatable bonds is 5. The van der Waals surface area contributed by atoms with Crippen LogP contribution in [0.2, 0.25) is 0 Å². The van der Waals surface area contributed by atoms with Gasteiger partial charge in [0, 0.05) is 43.3 Å². The molecule has 0 bridgehead atoms. The Bertz CT molecular complexity index is 608. The number of hydrogen-bond acceptors (Lipinski definition) is 4. The summed E-state index contributed by atoms with van der Waals surface area (Å²) < 4.78 is 5.67. The van der Waals surface area contributed by atoms with Gasteiger partial charge in [0.1, 0.15) is 0 Å². The summed E-state index contributed by atoms with van der Waals surface area (Å²) in [7, 11) is 0. The zero-order chi connectivity index (χ0) is 17.6. The minimum absolute atomic E-state index is 0.0169. The second-order valence-corrected chi connectivity index (χ2v) is 7.76. The first kappa shape index (κ1) is 18.3. The van der Waals surface area contributed by atoms with Crippen LogP contribution >= 0.6 is 11.8 Å². The van der Waals surface area contributed by atoms with Crippen LogP contribution < -0.4 is 5.32 Å². The van der Waals surface area contributed by atoms with Gasteiger partial charge < -0.3 is 15.0 Å². The monoisotopic (exact) mass is 362 g/mol. The molecule has 3 rings (SSSR count). The molecule has 0 radical (unpaired) electrons. The van der Waals surface area contributed by atoms with Gasteiger partial charge in [-0.15, -0.1) is 11.8 Å². The van der Waals surface area contributed by atoms with Gasteiger partial charge in [-0.1, -0.05) is 12.1 Å². The minimum atomic E-state index is -0.0169. The SMILES string of the molecule is CC(=O)N1CCC(NC(=O)c2ccccc2SC[C@H]2CCCO2)CC1. The van der Waals surface area contributed by atoms with Crippen LogP contribution in [0.5, 0.6) is 0 Å². The molecule has 136 valence electrons. The molecule has 1 aromatic rings. The smallest absolute Gasteiger partial charge is 0.252 e. The van der Waals surface area contributed by atoms with Crippen molar-refractivity contribution < 1.29 is 14.3 Å². The molecule has 0 unspecified atom stereocenters. The van der Waals surface area contributed by atoms with Gasteiger partial charge in [0.05, 0.1) is 11.7 Å². The Morgan fingerprint density at radius 2 is 2.00 bits per heavy atom. The van der Waals surface area contributed by atoms with Gasteiger partial charge in [0.2, 0.25) is 5.91 Å². The topological polar surface area (TPSA) is 58.6 Å². The number of piperidine rings is 1. The largest absolute Gasteiger partial charge is 0.377 e. The van der Waals surface area contributed by atoms with E-state index in [1.807, 2.05) is 29.2 Å². The van der Waals surface area contributed by atoms with E-state index < -0.39 is 0 Å². The molecule has 25 heavy (non-hydrogen) atoms. The number of benzene rings is 1. The lowest BCUT2D eigenvalue weighted by Crippen LogP contribution is -2.46. The van der Waals surface area contributed by atoms with E-state index in [0.717, 1.165) is 61.6 Å². The first-order valence-electron chi connectivity index (χ1n) is 9.03. The Labute approximate surface area is 153 Å². The Hall–Kier alpha value is -1.53. The number of amides is 2. The normalized spacial score (nSPS) is 21.3. The Kier molecular flexibility index (Phi) is 6.37. The van der Waals surface area contributed by atoms with Gasteiger partial charge >= 0.3 is 0 Å². The Morgan fingerprint density at radius 3 is 2.68 bits per heavy atom. The maximum Gasteiger partial charge on any atom is 0.252 e. The van der Waals surface area contributed by atoms with E-state index in [1.54, 1.807) is 18.7 Å². The molecular formula is C19H26N2O3S. The predicted molar refractivity (Wildman–Crippen MR) is 98.9 cm³/mol. The molecule has 0 aliphatic carbocycles. The quantitative estimate of drug-likeness (QED) is 0.818. The highest BCUT2D eigenvalue weighted by atomic mass is 32.2. The first-order chi connectivity index (χ1) is 12.1. The highest BCUT2D eigenvalue weighted by Gasteiger charge is 2.23.